The van der Waals surface area contributed by atoms with E-state index < -0.39 is 24.5 Å². The first-order valence-corrected chi connectivity index (χ1v) is 6.82. The first-order chi connectivity index (χ1) is 10.0. The van der Waals surface area contributed by atoms with Crippen molar-refractivity contribution >= 4 is 33.9 Å². The molecule has 1 atom stereocenters. The molecule has 0 saturated carbocycles. The lowest BCUT2D eigenvalue weighted by Gasteiger charge is -2.12. The van der Waals surface area contributed by atoms with Crippen molar-refractivity contribution in [3.63, 3.8) is 0 Å². The minimum absolute atomic E-state index is 0.526. The van der Waals surface area contributed by atoms with E-state index in [1.165, 1.54) is 20.3 Å². The molecule has 0 unspecified atom stereocenters. The smallest absolute Gasteiger partial charge is 0.330 e. The number of ether oxygens (including phenoxy) is 2. The SMILES string of the molecule is COC(=O)[C@H](CO)NC(=O)/C=C/c1cc(Br)ccc1OC. The van der Waals surface area contributed by atoms with E-state index in [0.717, 1.165) is 4.47 Å². The molecule has 114 valence electrons. The van der Waals surface area contributed by atoms with E-state index in [-0.39, 0.29) is 0 Å². The third-order valence-electron chi connectivity index (χ3n) is 2.59. The van der Waals surface area contributed by atoms with Crippen molar-refractivity contribution < 1.29 is 24.2 Å². The predicted octanol–water partition coefficient (Wildman–Crippen LogP) is 1.12. The molecule has 0 radical (unpaired) electrons. The summed E-state index contributed by atoms with van der Waals surface area (Å²) in [5.74, 6) is -0.630. The van der Waals surface area contributed by atoms with Gasteiger partial charge in [0, 0.05) is 16.1 Å². The Labute approximate surface area is 130 Å². The van der Waals surface area contributed by atoms with Gasteiger partial charge >= 0.3 is 5.97 Å². The quantitative estimate of drug-likeness (QED) is 0.588. The zero-order valence-corrected chi connectivity index (χ0v) is 13.2. The van der Waals surface area contributed by atoms with Crippen LogP contribution in [0, 0.1) is 0 Å². The summed E-state index contributed by atoms with van der Waals surface area (Å²) in [6.45, 7) is -0.535. The van der Waals surface area contributed by atoms with Crippen molar-refractivity contribution in [2.75, 3.05) is 20.8 Å². The third kappa shape index (κ3) is 5.20. The highest BCUT2D eigenvalue weighted by Crippen LogP contribution is 2.23. The topological polar surface area (TPSA) is 84.9 Å². The summed E-state index contributed by atoms with van der Waals surface area (Å²) in [5.41, 5.74) is 0.695. The van der Waals surface area contributed by atoms with E-state index in [9.17, 15) is 9.59 Å². The molecular weight excluding hydrogens is 342 g/mol. The van der Waals surface area contributed by atoms with Crippen LogP contribution in [0.3, 0.4) is 0 Å². The second-order valence-electron chi connectivity index (χ2n) is 3.99. The van der Waals surface area contributed by atoms with Crippen molar-refractivity contribution in [1.29, 1.82) is 0 Å². The number of esters is 1. The highest BCUT2D eigenvalue weighted by molar-refractivity contribution is 9.10. The minimum Gasteiger partial charge on any atom is -0.496 e. The standard InChI is InChI=1S/C14H16BrNO5/c1-20-12-5-4-10(15)7-9(12)3-6-13(18)16-11(8-17)14(19)21-2/h3-7,11,17H,8H2,1-2H3,(H,16,18)/b6-3+/t11-/m0/s1. The molecule has 6 nitrogen and oxygen atoms in total. The van der Waals surface area contributed by atoms with Gasteiger partial charge in [-0.3, -0.25) is 4.79 Å². The van der Waals surface area contributed by atoms with Gasteiger partial charge in [0.25, 0.3) is 0 Å². The van der Waals surface area contributed by atoms with Crippen LogP contribution in [0.4, 0.5) is 0 Å². The Balaban J connectivity index is 2.78. The Morgan fingerprint density at radius 3 is 2.71 bits per heavy atom. The molecule has 1 aromatic carbocycles. The number of carbonyl (C=O) groups is 2. The average Bonchev–Trinajstić information content (AvgIpc) is 2.49. The zero-order chi connectivity index (χ0) is 15.8. The number of aliphatic hydroxyl groups excluding tert-OH is 1. The van der Waals surface area contributed by atoms with E-state index in [4.69, 9.17) is 9.84 Å². The second-order valence-corrected chi connectivity index (χ2v) is 4.90. The van der Waals surface area contributed by atoms with Crippen molar-refractivity contribution in [2.24, 2.45) is 0 Å². The number of nitrogens with one attached hydrogen (secondary N) is 1. The number of hydrogen-bond donors (Lipinski definition) is 2. The Morgan fingerprint density at radius 2 is 2.14 bits per heavy atom. The van der Waals surface area contributed by atoms with Crippen molar-refractivity contribution in [1.82, 2.24) is 5.32 Å². The van der Waals surface area contributed by atoms with E-state index in [1.807, 2.05) is 6.07 Å². The molecule has 1 amide bonds. The predicted molar refractivity (Wildman–Crippen MR) is 80.8 cm³/mol. The first-order valence-electron chi connectivity index (χ1n) is 6.02. The first kappa shape index (κ1) is 17.2. The molecule has 0 saturated heterocycles. The van der Waals surface area contributed by atoms with Gasteiger partial charge in [0.15, 0.2) is 6.04 Å². The van der Waals surface area contributed by atoms with Crippen LogP contribution in [0.1, 0.15) is 5.56 Å². The van der Waals surface area contributed by atoms with Crippen LogP contribution in [0.25, 0.3) is 6.08 Å². The summed E-state index contributed by atoms with van der Waals surface area (Å²) in [5, 5.41) is 11.4. The monoisotopic (exact) mass is 357 g/mol. The number of rotatable bonds is 6. The molecule has 0 aliphatic heterocycles. The van der Waals surface area contributed by atoms with Gasteiger partial charge in [-0.1, -0.05) is 15.9 Å². The Hall–Kier alpha value is -1.86. The molecule has 0 aromatic heterocycles. The van der Waals surface area contributed by atoms with Gasteiger partial charge in [-0.05, 0) is 24.3 Å². The highest BCUT2D eigenvalue weighted by atomic mass is 79.9. The number of amides is 1. The van der Waals surface area contributed by atoms with Crippen LogP contribution >= 0.6 is 15.9 Å². The molecule has 1 aromatic rings. The molecule has 0 spiro atoms. The van der Waals surface area contributed by atoms with Crippen LogP contribution in [-0.2, 0) is 14.3 Å². The molecule has 1 rings (SSSR count). The number of benzene rings is 1. The maximum atomic E-state index is 11.7. The van der Waals surface area contributed by atoms with Crippen molar-refractivity contribution in [2.45, 2.75) is 6.04 Å². The van der Waals surface area contributed by atoms with E-state index in [0.29, 0.717) is 11.3 Å². The Morgan fingerprint density at radius 1 is 1.43 bits per heavy atom. The number of aliphatic hydroxyl groups is 1. The zero-order valence-electron chi connectivity index (χ0n) is 11.6. The summed E-state index contributed by atoms with van der Waals surface area (Å²) in [6, 6.07) is 4.27. The van der Waals surface area contributed by atoms with E-state index >= 15 is 0 Å². The summed E-state index contributed by atoms with van der Waals surface area (Å²) >= 11 is 3.33. The van der Waals surface area contributed by atoms with Gasteiger partial charge < -0.3 is 19.9 Å². The Kier molecular flexibility index (Phi) is 6.90. The second kappa shape index (κ2) is 8.43. The number of hydrogen-bond acceptors (Lipinski definition) is 5. The molecule has 0 aliphatic carbocycles. The number of carbonyl (C=O) groups excluding carboxylic acids is 2. The summed E-state index contributed by atoms with van der Waals surface area (Å²) in [7, 11) is 2.71. The molecule has 0 aliphatic rings. The lowest BCUT2D eigenvalue weighted by Crippen LogP contribution is -2.43. The summed E-state index contributed by atoms with van der Waals surface area (Å²) < 4.78 is 10.5. The number of methoxy groups -OCH3 is 2. The third-order valence-corrected chi connectivity index (χ3v) is 3.08. The van der Waals surface area contributed by atoms with Gasteiger partial charge in [-0.15, -0.1) is 0 Å². The fraction of sp³-hybridized carbons (Fsp3) is 0.286. The van der Waals surface area contributed by atoms with Gasteiger partial charge in [0.05, 0.1) is 20.8 Å². The van der Waals surface area contributed by atoms with Crippen LogP contribution in [0.2, 0.25) is 0 Å². The maximum absolute atomic E-state index is 11.7. The lowest BCUT2D eigenvalue weighted by atomic mass is 10.2. The van der Waals surface area contributed by atoms with E-state index in [1.54, 1.807) is 18.2 Å². The largest absolute Gasteiger partial charge is 0.496 e. The van der Waals surface area contributed by atoms with Crippen molar-refractivity contribution in [3.8, 4) is 5.75 Å². The molecule has 2 N–H and O–H groups in total. The van der Waals surface area contributed by atoms with Gasteiger partial charge in [-0.25, -0.2) is 4.79 Å². The lowest BCUT2D eigenvalue weighted by molar-refractivity contribution is -0.145. The average molecular weight is 358 g/mol. The summed E-state index contributed by atoms with van der Waals surface area (Å²) in [4.78, 5) is 23.0. The number of halogens is 1. The molecule has 7 heteroatoms. The van der Waals surface area contributed by atoms with Gasteiger partial charge in [0.2, 0.25) is 5.91 Å². The van der Waals surface area contributed by atoms with Crippen LogP contribution in [0.5, 0.6) is 5.75 Å². The maximum Gasteiger partial charge on any atom is 0.330 e. The molecule has 0 heterocycles. The molecule has 0 bridgehead atoms. The molecule has 0 fully saturated rings. The molecular formula is C14H16BrNO5. The molecule has 21 heavy (non-hydrogen) atoms. The van der Waals surface area contributed by atoms with Crippen LogP contribution in [0.15, 0.2) is 28.7 Å². The highest BCUT2D eigenvalue weighted by Gasteiger charge is 2.19. The van der Waals surface area contributed by atoms with Gasteiger partial charge in [-0.2, -0.15) is 0 Å². The summed E-state index contributed by atoms with van der Waals surface area (Å²) in [6.07, 6.45) is 2.79. The van der Waals surface area contributed by atoms with Crippen LogP contribution in [-0.4, -0.2) is 43.9 Å². The van der Waals surface area contributed by atoms with Crippen LogP contribution < -0.4 is 10.1 Å². The fourth-order valence-electron chi connectivity index (χ4n) is 1.54. The van der Waals surface area contributed by atoms with E-state index in [2.05, 4.69) is 26.0 Å². The normalized spacial score (nSPS) is 12.0. The van der Waals surface area contributed by atoms with Crippen molar-refractivity contribution in [3.05, 3.63) is 34.3 Å². The van der Waals surface area contributed by atoms with Gasteiger partial charge in [0.1, 0.15) is 5.75 Å². The Bertz CT molecular complexity index is 544. The minimum atomic E-state index is -1.09. The fourth-order valence-corrected chi connectivity index (χ4v) is 1.92.